The van der Waals surface area contributed by atoms with E-state index in [-0.39, 0.29) is 5.97 Å². The number of carbonyl (C=O) groups excluding carboxylic acids is 1. The van der Waals surface area contributed by atoms with Gasteiger partial charge in [-0.2, -0.15) is 0 Å². The molecule has 0 heterocycles. The first-order valence-electron chi connectivity index (χ1n) is 8.77. The Morgan fingerprint density at radius 2 is 2.12 bits per heavy atom. The van der Waals surface area contributed by atoms with Crippen LogP contribution in [0.3, 0.4) is 0 Å². The van der Waals surface area contributed by atoms with Crippen LogP contribution in [0.15, 0.2) is 17.0 Å². The largest absolute Gasteiger partial charge is 0.493 e. The average molecular weight is 389 g/mol. The Morgan fingerprint density at radius 1 is 1.36 bits per heavy atom. The molecule has 0 spiro atoms. The van der Waals surface area contributed by atoms with E-state index in [0.29, 0.717) is 25.3 Å². The molecule has 0 aromatic heterocycles. The molecule has 0 amide bonds. The van der Waals surface area contributed by atoms with E-state index in [1.54, 1.807) is 18.7 Å². The maximum absolute atomic E-state index is 11.2. The Kier molecular flexibility index (Phi) is 11.0. The minimum atomic E-state index is -0.604. The number of methoxy groups -OCH3 is 1. The Balaban J connectivity index is 2.97. The van der Waals surface area contributed by atoms with E-state index in [4.69, 9.17) is 16.3 Å². The van der Waals surface area contributed by atoms with Crippen LogP contribution in [-0.2, 0) is 16.0 Å². The quantitative estimate of drug-likeness (QED) is 0.242. The van der Waals surface area contributed by atoms with Crippen molar-refractivity contribution in [3.8, 4) is 5.75 Å². The van der Waals surface area contributed by atoms with Gasteiger partial charge in [-0.25, -0.2) is 0 Å². The van der Waals surface area contributed by atoms with E-state index in [2.05, 4.69) is 17.7 Å². The van der Waals surface area contributed by atoms with Gasteiger partial charge >= 0.3 is 5.97 Å². The molecule has 1 aromatic carbocycles. The molecule has 1 atom stereocenters. The van der Waals surface area contributed by atoms with E-state index in [0.717, 1.165) is 41.9 Å². The third-order valence-electron chi connectivity index (χ3n) is 3.73. The van der Waals surface area contributed by atoms with Gasteiger partial charge in [0.25, 0.3) is 0 Å². The number of rotatable bonds is 12. The van der Waals surface area contributed by atoms with Crippen LogP contribution in [0, 0.1) is 0 Å². The predicted molar refractivity (Wildman–Crippen MR) is 104 cm³/mol. The van der Waals surface area contributed by atoms with E-state index in [9.17, 15) is 9.90 Å². The van der Waals surface area contributed by atoms with Crippen LogP contribution in [0.2, 0.25) is 0 Å². The standard InChI is InChI=1S/C19H29ClO4S/c1-4-7-16-17(25-13-6-11-20)10-9-15(14(2)21)19(16)24-12-5-8-18(22)23-3/h9-10,14,21H,4-8,11-13H2,1-3H3. The highest BCUT2D eigenvalue weighted by Gasteiger charge is 2.18. The number of hydrogen-bond donors (Lipinski definition) is 1. The lowest BCUT2D eigenvalue weighted by Crippen LogP contribution is -2.09. The third-order valence-corrected chi connectivity index (χ3v) is 5.19. The number of carbonyl (C=O) groups is 1. The van der Waals surface area contributed by atoms with Crippen LogP contribution >= 0.6 is 23.4 Å². The lowest BCUT2D eigenvalue weighted by Gasteiger charge is -2.20. The number of esters is 1. The summed E-state index contributed by atoms with van der Waals surface area (Å²) >= 11 is 7.55. The van der Waals surface area contributed by atoms with Crippen LogP contribution in [0.4, 0.5) is 0 Å². The second kappa shape index (κ2) is 12.4. The minimum Gasteiger partial charge on any atom is -0.493 e. The number of hydrogen-bond acceptors (Lipinski definition) is 5. The number of halogens is 1. The summed E-state index contributed by atoms with van der Waals surface area (Å²) in [5, 5.41) is 10.1. The van der Waals surface area contributed by atoms with E-state index >= 15 is 0 Å². The topological polar surface area (TPSA) is 55.8 Å². The fraction of sp³-hybridized carbons (Fsp3) is 0.632. The number of thioether (sulfide) groups is 1. The molecular weight excluding hydrogens is 360 g/mol. The number of benzene rings is 1. The molecule has 142 valence electrons. The molecule has 1 aromatic rings. The molecule has 1 unspecified atom stereocenters. The molecule has 4 nitrogen and oxygen atoms in total. The molecule has 1 rings (SSSR count). The van der Waals surface area contributed by atoms with Crippen LogP contribution in [0.1, 0.15) is 56.8 Å². The lowest BCUT2D eigenvalue weighted by molar-refractivity contribution is -0.140. The molecule has 0 aliphatic rings. The number of aliphatic hydroxyl groups excluding tert-OH is 1. The first-order chi connectivity index (χ1) is 12.0. The van der Waals surface area contributed by atoms with Gasteiger partial charge < -0.3 is 14.6 Å². The summed E-state index contributed by atoms with van der Waals surface area (Å²) in [6.45, 7) is 4.29. The van der Waals surface area contributed by atoms with Gasteiger partial charge in [-0.15, -0.1) is 23.4 Å². The van der Waals surface area contributed by atoms with Crippen molar-refractivity contribution in [2.75, 3.05) is 25.3 Å². The average Bonchev–Trinajstić information content (AvgIpc) is 2.60. The third kappa shape index (κ3) is 7.47. The first kappa shape index (κ1) is 22.1. The molecule has 25 heavy (non-hydrogen) atoms. The Hall–Kier alpha value is -0.910. The predicted octanol–water partition coefficient (Wildman–Crippen LogP) is 4.75. The second-order valence-corrected chi connectivity index (χ2v) is 7.32. The molecule has 6 heteroatoms. The van der Waals surface area contributed by atoms with Crippen LogP contribution in [-0.4, -0.2) is 36.4 Å². The fourth-order valence-electron chi connectivity index (χ4n) is 2.48. The van der Waals surface area contributed by atoms with Crippen molar-refractivity contribution in [2.24, 2.45) is 0 Å². The highest BCUT2D eigenvalue weighted by atomic mass is 35.5. The van der Waals surface area contributed by atoms with E-state index in [1.807, 2.05) is 6.07 Å². The summed E-state index contributed by atoms with van der Waals surface area (Å²) in [5.41, 5.74) is 1.93. The molecule has 0 aliphatic carbocycles. The highest BCUT2D eigenvalue weighted by molar-refractivity contribution is 7.99. The van der Waals surface area contributed by atoms with Gasteiger partial charge in [0.2, 0.25) is 0 Å². The molecule has 0 fully saturated rings. The summed E-state index contributed by atoms with van der Waals surface area (Å²) in [7, 11) is 1.38. The number of ether oxygens (including phenoxy) is 2. The monoisotopic (exact) mass is 388 g/mol. The summed E-state index contributed by atoms with van der Waals surface area (Å²) in [4.78, 5) is 12.4. The van der Waals surface area contributed by atoms with Crippen LogP contribution in [0.5, 0.6) is 5.75 Å². The van der Waals surface area contributed by atoms with Gasteiger partial charge in [-0.3, -0.25) is 4.79 Å². The van der Waals surface area contributed by atoms with Gasteiger partial charge in [0.15, 0.2) is 0 Å². The van der Waals surface area contributed by atoms with Crippen molar-refractivity contribution in [1.82, 2.24) is 0 Å². The molecule has 0 radical (unpaired) electrons. The molecule has 0 saturated heterocycles. The van der Waals surface area contributed by atoms with Crippen molar-refractivity contribution in [3.05, 3.63) is 23.3 Å². The summed E-state index contributed by atoms with van der Waals surface area (Å²) in [6, 6.07) is 4.00. The molecule has 0 bridgehead atoms. The van der Waals surface area contributed by atoms with Gasteiger partial charge in [-0.1, -0.05) is 19.4 Å². The van der Waals surface area contributed by atoms with Crippen molar-refractivity contribution < 1.29 is 19.4 Å². The highest BCUT2D eigenvalue weighted by Crippen LogP contribution is 2.37. The maximum Gasteiger partial charge on any atom is 0.305 e. The van der Waals surface area contributed by atoms with Gasteiger partial charge in [-0.05, 0) is 38.0 Å². The van der Waals surface area contributed by atoms with Crippen molar-refractivity contribution in [2.45, 2.75) is 57.0 Å². The fourth-order valence-corrected chi connectivity index (χ4v) is 3.81. The molecule has 1 N–H and O–H groups in total. The molecular formula is C19H29ClO4S. The van der Waals surface area contributed by atoms with Crippen LogP contribution < -0.4 is 4.74 Å². The zero-order chi connectivity index (χ0) is 18.7. The smallest absolute Gasteiger partial charge is 0.305 e. The molecule has 0 saturated carbocycles. The number of alkyl halides is 1. The Bertz CT molecular complexity index is 534. The van der Waals surface area contributed by atoms with Gasteiger partial charge in [0.1, 0.15) is 5.75 Å². The minimum absolute atomic E-state index is 0.237. The van der Waals surface area contributed by atoms with Crippen molar-refractivity contribution in [1.29, 1.82) is 0 Å². The van der Waals surface area contributed by atoms with Gasteiger partial charge in [0.05, 0.1) is 19.8 Å². The first-order valence-corrected chi connectivity index (χ1v) is 10.3. The normalized spacial score (nSPS) is 12.0. The summed E-state index contributed by atoms with van der Waals surface area (Å²) in [5.74, 6) is 2.13. The lowest BCUT2D eigenvalue weighted by atomic mass is 10.0. The number of aliphatic hydroxyl groups is 1. The van der Waals surface area contributed by atoms with E-state index < -0.39 is 6.10 Å². The SMILES string of the molecule is CCCc1c(SCCCCl)ccc(C(C)O)c1OCCCC(=O)OC. The molecule has 0 aliphatic heterocycles. The summed E-state index contributed by atoms with van der Waals surface area (Å²) in [6.07, 6.45) is 3.13. The zero-order valence-electron chi connectivity index (χ0n) is 15.3. The maximum atomic E-state index is 11.2. The van der Waals surface area contributed by atoms with Crippen molar-refractivity contribution >= 4 is 29.3 Å². The Labute approximate surface area is 160 Å². The summed E-state index contributed by atoms with van der Waals surface area (Å²) < 4.78 is 10.7. The second-order valence-electron chi connectivity index (χ2n) is 5.81. The Morgan fingerprint density at radius 3 is 2.72 bits per heavy atom. The van der Waals surface area contributed by atoms with Crippen molar-refractivity contribution in [3.63, 3.8) is 0 Å². The van der Waals surface area contributed by atoms with Gasteiger partial charge in [0, 0.05) is 28.3 Å². The van der Waals surface area contributed by atoms with E-state index in [1.165, 1.54) is 12.0 Å². The zero-order valence-corrected chi connectivity index (χ0v) is 16.9. The van der Waals surface area contributed by atoms with Crippen LogP contribution in [0.25, 0.3) is 0 Å².